The Balaban J connectivity index is 1.53. The molecule has 1 N–H and O–H groups in total. The van der Waals surface area contributed by atoms with E-state index in [4.69, 9.17) is 4.74 Å². The van der Waals surface area contributed by atoms with Gasteiger partial charge in [-0.25, -0.2) is 0 Å². The lowest BCUT2D eigenvalue weighted by molar-refractivity contribution is -0.118. The molecule has 4 nitrogen and oxygen atoms in total. The maximum Gasteiger partial charge on any atom is 0.232 e. The zero-order chi connectivity index (χ0) is 16.4. The number of anilines is 1. The fourth-order valence-corrected chi connectivity index (χ4v) is 3.57. The van der Waals surface area contributed by atoms with Crippen LogP contribution in [0.4, 0.5) is 5.00 Å². The summed E-state index contributed by atoms with van der Waals surface area (Å²) in [7, 11) is 0. The molecule has 4 rings (SSSR count). The van der Waals surface area contributed by atoms with Crippen LogP contribution in [0.15, 0.2) is 60.7 Å². The van der Waals surface area contributed by atoms with Crippen molar-refractivity contribution in [1.29, 1.82) is 0 Å². The van der Waals surface area contributed by atoms with Crippen LogP contribution in [0.2, 0.25) is 0 Å². The first-order valence-corrected chi connectivity index (χ1v) is 8.63. The lowest BCUT2D eigenvalue weighted by Gasteiger charge is -2.24. The van der Waals surface area contributed by atoms with Crippen LogP contribution in [0.5, 0.6) is 5.75 Å². The highest BCUT2D eigenvalue weighted by atomic mass is 32.1. The number of nitrogens with one attached hydrogen (secondary N) is 1. The summed E-state index contributed by atoms with van der Waals surface area (Å²) in [4.78, 5) is 12.7. The van der Waals surface area contributed by atoms with Gasteiger partial charge in [0.25, 0.3) is 0 Å². The fraction of sp³-hybridized carbons (Fsp3) is 0.158. The minimum absolute atomic E-state index is 0.00554. The number of ether oxygens (including phenoxy) is 1. The zero-order valence-electron chi connectivity index (χ0n) is 12.9. The van der Waals surface area contributed by atoms with Crippen molar-refractivity contribution in [3.63, 3.8) is 0 Å². The van der Waals surface area contributed by atoms with Crippen molar-refractivity contribution in [2.75, 3.05) is 11.9 Å². The quantitative estimate of drug-likeness (QED) is 0.775. The first-order valence-electron chi connectivity index (χ1n) is 7.86. The van der Waals surface area contributed by atoms with E-state index in [1.54, 1.807) is 0 Å². The third kappa shape index (κ3) is 2.90. The molecule has 1 aliphatic rings. The first kappa shape index (κ1) is 14.9. The highest BCUT2D eigenvalue weighted by molar-refractivity contribution is 7.10. The van der Waals surface area contributed by atoms with Gasteiger partial charge in [-0.1, -0.05) is 48.5 Å². The summed E-state index contributed by atoms with van der Waals surface area (Å²) < 4.78 is 10.1. The molecule has 1 atom stereocenters. The van der Waals surface area contributed by atoms with Gasteiger partial charge < -0.3 is 10.1 Å². The molecular weight excluding hydrogens is 320 g/mol. The van der Waals surface area contributed by atoms with Crippen molar-refractivity contribution in [1.82, 2.24) is 4.37 Å². The van der Waals surface area contributed by atoms with E-state index in [1.807, 2.05) is 60.7 Å². The third-order valence-corrected chi connectivity index (χ3v) is 4.81. The second-order valence-electron chi connectivity index (χ2n) is 5.66. The Bertz CT molecular complexity index is 861. The molecule has 120 valence electrons. The molecule has 5 heteroatoms. The van der Waals surface area contributed by atoms with Gasteiger partial charge >= 0.3 is 0 Å². The van der Waals surface area contributed by atoms with E-state index < -0.39 is 0 Å². The Hall–Kier alpha value is -2.66. The van der Waals surface area contributed by atoms with Crippen LogP contribution in [0, 0.1) is 0 Å². The Labute approximate surface area is 144 Å². The normalized spacial score (nSPS) is 16.1. The molecule has 1 aliphatic heterocycles. The predicted octanol–water partition coefficient (Wildman–Crippen LogP) is 4.31. The van der Waals surface area contributed by atoms with Gasteiger partial charge in [-0.2, -0.15) is 4.37 Å². The maximum atomic E-state index is 12.7. The number of carbonyl (C=O) groups is 1. The van der Waals surface area contributed by atoms with Gasteiger partial charge in [0.1, 0.15) is 10.8 Å². The number of hydrogen-bond acceptors (Lipinski definition) is 4. The minimum Gasteiger partial charge on any atom is -0.493 e. The number of fused-ring (bicyclic) bond motifs is 1. The van der Waals surface area contributed by atoms with Crippen molar-refractivity contribution in [3.05, 3.63) is 66.2 Å². The van der Waals surface area contributed by atoms with Crippen molar-refractivity contribution in [2.24, 2.45) is 0 Å². The Kier molecular flexibility index (Phi) is 4.01. The number of nitrogens with zero attached hydrogens (tertiary/aromatic N) is 1. The first-order chi connectivity index (χ1) is 11.8. The van der Waals surface area contributed by atoms with E-state index in [0.717, 1.165) is 27.6 Å². The van der Waals surface area contributed by atoms with Crippen LogP contribution in [-0.4, -0.2) is 16.9 Å². The summed E-state index contributed by atoms with van der Waals surface area (Å²) in [5.41, 5.74) is 2.88. The fourth-order valence-electron chi connectivity index (χ4n) is 2.90. The lowest BCUT2D eigenvalue weighted by atomic mass is 9.92. The number of hydrogen-bond donors (Lipinski definition) is 1. The van der Waals surface area contributed by atoms with E-state index in [2.05, 4.69) is 9.69 Å². The molecule has 0 aliphatic carbocycles. The van der Waals surface area contributed by atoms with Crippen molar-refractivity contribution < 1.29 is 9.53 Å². The van der Waals surface area contributed by atoms with Crippen molar-refractivity contribution in [2.45, 2.75) is 12.3 Å². The Morgan fingerprint density at radius 2 is 1.92 bits per heavy atom. The molecule has 2 aromatic carbocycles. The number of aromatic nitrogens is 1. The van der Waals surface area contributed by atoms with Gasteiger partial charge in [-0.15, -0.1) is 0 Å². The molecule has 0 saturated heterocycles. The van der Waals surface area contributed by atoms with Crippen LogP contribution < -0.4 is 10.1 Å². The number of rotatable bonds is 3. The average Bonchev–Trinajstić information content (AvgIpc) is 3.10. The second-order valence-corrected chi connectivity index (χ2v) is 6.46. The third-order valence-electron chi connectivity index (χ3n) is 4.10. The standard InChI is InChI=1S/C19H16N2O2S/c22-19(15-10-11-23-17-9-5-4-8-14(15)17)20-18-12-16(21-24-18)13-6-2-1-3-7-13/h1-9,12,15H,10-11H2,(H,20,22)/t15-/m0/s1. The summed E-state index contributed by atoms with van der Waals surface area (Å²) in [5.74, 6) is 0.615. The van der Waals surface area contributed by atoms with Crippen LogP contribution in [0.3, 0.4) is 0 Å². The van der Waals surface area contributed by atoms with Crippen molar-refractivity contribution in [3.8, 4) is 17.0 Å². The van der Waals surface area contributed by atoms with E-state index in [1.165, 1.54) is 11.5 Å². The summed E-state index contributed by atoms with van der Waals surface area (Å²) in [5, 5.41) is 3.77. The van der Waals surface area contributed by atoms with Crippen LogP contribution in [-0.2, 0) is 4.79 Å². The zero-order valence-corrected chi connectivity index (χ0v) is 13.8. The van der Waals surface area contributed by atoms with Gasteiger partial charge in [0.15, 0.2) is 0 Å². The van der Waals surface area contributed by atoms with E-state index in [9.17, 15) is 4.79 Å². The molecule has 0 spiro atoms. The van der Waals surface area contributed by atoms with Crippen LogP contribution >= 0.6 is 11.5 Å². The smallest absolute Gasteiger partial charge is 0.232 e. The van der Waals surface area contributed by atoms with Crippen LogP contribution in [0.1, 0.15) is 17.9 Å². The predicted molar refractivity (Wildman–Crippen MR) is 95.5 cm³/mol. The molecule has 0 fully saturated rings. The summed E-state index contributed by atoms with van der Waals surface area (Å²) in [6.45, 7) is 0.563. The number of benzene rings is 2. The average molecular weight is 336 g/mol. The van der Waals surface area contributed by atoms with Crippen LogP contribution in [0.25, 0.3) is 11.3 Å². The summed E-state index contributed by atoms with van der Waals surface area (Å²) in [6.07, 6.45) is 0.688. The van der Waals surface area contributed by atoms with E-state index >= 15 is 0 Å². The molecular formula is C19H16N2O2S. The minimum atomic E-state index is -0.183. The monoisotopic (exact) mass is 336 g/mol. The number of amides is 1. The largest absolute Gasteiger partial charge is 0.493 e. The highest BCUT2D eigenvalue weighted by Crippen LogP contribution is 2.34. The number of carbonyl (C=O) groups excluding carboxylic acids is 1. The maximum absolute atomic E-state index is 12.7. The molecule has 2 heterocycles. The molecule has 24 heavy (non-hydrogen) atoms. The number of para-hydroxylation sites is 1. The Morgan fingerprint density at radius 3 is 2.79 bits per heavy atom. The van der Waals surface area contributed by atoms with Gasteiger partial charge in [-0.3, -0.25) is 4.79 Å². The molecule has 0 radical (unpaired) electrons. The summed E-state index contributed by atoms with van der Waals surface area (Å²) >= 11 is 1.30. The van der Waals surface area contributed by atoms with Gasteiger partial charge in [0, 0.05) is 17.2 Å². The second kappa shape index (κ2) is 6.45. The lowest BCUT2D eigenvalue weighted by Crippen LogP contribution is -2.26. The molecule has 1 amide bonds. The Morgan fingerprint density at radius 1 is 1.12 bits per heavy atom. The molecule has 0 bridgehead atoms. The topological polar surface area (TPSA) is 51.2 Å². The summed E-state index contributed by atoms with van der Waals surface area (Å²) in [6, 6.07) is 19.6. The highest BCUT2D eigenvalue weighted by Gasteiger charge is 2.27. The molecule has 0 unspecified atom stereocenters. The molecule has 0 saturated carbocycles. The van der Waals surface area contributed by atoms with Gasteiger partial charge in [0.2, 0.25) is 5.91 Å². The van der Waals surface area contributed by atoms with E-state index in [0.29, 0.717) is 13.0 Å². The molecule has 3 aromatic rings. The van der Waals surface area contributed by atoms with E-state index in [-0.39, 0.29) is 11.8 Å². The molecule has 1 aromatic heterocycles. The van der Waals surface area contributed by atoms with Gasteiger partial charge in [-0.05, 0) is 24.0 Å². The van der Waals surface area contributed by atoms with Crippen molar-refractivity contribution >= 4 is 22.4 Å². The SMILES string of the molecule is O=C(Nc1cc(-c2ccccc2)ns1)[C@H]1CCOc2ccccc21. The van der Waals surface area contributed by atoms with Gasteiger partial charge in [0.05, 0.1) is 18.2 Å².